The average Bonchev–Trinajstić information content (AvgIpc) is 2.52. The first-order valence-corrected chi connectivity index (χ1v) is 7.74. The Morgan fingerprint density at radius 1 is 1.33 bits per heavy atom. The minimum atomic E-state index is -0.553. The second-order valence-electron chi connectivity index (χ2n) is 5.72. The standard InChI is InChI=1S/C15H25N5O/c1-20(12-6-3-2-4-7-12)11-5-10-17-14-9-8-13(15(16)21)18-19-14/h8-9,12H,2-7,10-11H2,1H3,(H2,16,21)(H,17,19). The molecule has 1 amide bonds. The van der Waals surface area contributed by atoms with E-state index < -0.39 is 5.91 Å². The molecule has 0 aromatic carbocycles. The maximum atomic E-state index is 10.9. The molecule has 2 rings (SSSR count). The summed E-state index contributed by atoms with van der Waals surface area (Å²) in [6, 6.07) is 4.08. The normalized spacial score (nSPS) is 16.1. The van der Waals surface area contributed by atoms with Gasteiger partial charge in [0.1, 0.15) is 5.82 Å². The van der Waals surface area contributed by atoms with E-state index in [1.54, 1.807) is 12.1 Å². The molecular weight excluding hydrogens is 266 g/mol. The molecule has 6 heteroatoms. The number of nitrogens with zero attached hydrogens (tertiary/aromatic N) is 3. The molecule has 1 aromatic heterocycles. The van der Waals surface area contributed by atoms with E-state index in [1.165, 1.54) is 32.1 Å². The zero-order chi connectivity index (χ0) is 15.1. The molecule has 0 spiro atoms. The molecule has 0 radical (unpaired) electrons. The van der Waals surface area contributed by atoms with Gasteiger partial charge in [0, 0.05) is 12.6 Å². The molecule has 6 nitrogen and oxygen atoms in total. The minimum Gasteiger partial charge on any atom is -0.369 e. The third-order valence-electron chi connectivity index (χ3n) is 4.11. The van der Waals surface area contributed by atoms with E-state index >= 15 is 0 Å². The number of carbonyl (C=O) groups is 1. The summed E-state index contributed by atoms with van der Waals surface area (Å²) >= 11 is 0. The predicted octanol–water partition coefficient (Wildman–Crippen LogP) is 1.64. The van der Waals surface area contributed by atoms with E-state index in [9.17, 15) is 4.79 Å². The maximum absolute atomic E-state index is 10.9. The summed E-state index contributed by atoms with van der Waals surface area (Å²) in [6.45, 7) is 1.94. The molecule has 21 heavy (non-hydrogen) atoms. The van der Waals surface area contributed by atoms with Crippen LogP contribution in [0.5, 0.6) is 0 Å². The van der Waals surface area contributed by atoms with Crippen molar-refractivity contribution in [2.75, 3.05) is 25.5 Å². The smallest absolute Gasteiger partial charge is 0.269 e. The van der Waals surface area contributed by atoms with Crippen molar-refractivity contribution >= 4 is 11.7 Å². The second-order valence-corrected chi connectivity index (χ2v) is 5.72. The van der Waals surface area contributed by atoms with Crippen LogP contribution in [-0.2, 0) is 0 Å². The summed E-state index contributed by atoms with van der Waals surface area (Å²) in [5.74, 6) is 0.128. The van der Waals surface area contributed by atoms with Crippen molar-refractivity contribution in [1.82, 2.24) is 15.1 Å². The number of rotatable bonds is 7. The maximum Gasteiger partial charge on any atom is 0.269 e. The first-order valence-electron chi connectivity index (χ1n) is 7.74. The highest BCUT2D eigenvalue weighted by Gasteiger charge is 2.17. The quantitative estimate of drug-likeness (QED) is 0.746. The van der Waals surface area contributed by atoms with E-state index in [0.29, 0.717) is 5.82 Å². The van der Waals surface area contributed by atoms with Crippen molar-refractivity contribution in [3.8, 4) is 0 Å². The topological polar surface area (TPSA) is 84.1 Å². The van der Waals surface area contributed by atoms with Crippen LogP contribution in [0.4, 0.5) is 5.82 Å². The van der Waals surface area contributed by atoms with Gasteiger partial charge in [0.15, 0.2) is 5.69 Å². The van der Waals surface area contributed by atoms with Gasteiger partial charge in [-0.25, -0.2) is 0 Å². The molecule has 1 aromatic rings. The lowest BCUT2D eigenvalue weighted by Gasteiger charge is -2.31. The Kier molecular flexibility index (Phi) is 5.92. The van der Waals surface area contributed by atoms with Crippen LogP contribution in [0, 0.1) is 0 Å². The van der Waals surface area contributed by atoms with Gasteiger partial charge in [0.25, 0.3) is 5.91 Å². The van der Waals surface area contributed by atoms with E-state index in [4.69, 9.17) is 5.73 Å². The van der Waals surface area contributed by atoms with Gasteiger partial charge in [-0.3, -0.25) is 4.79 Å². The summed E-state index contributed by atoms with van der Waals surface area (Å²) in [5, 5.41) is 10.9. The van der Waals surface area contributed by atoms with Crippen molar-refractivity contribution in [1.29, 1.82) is 0 Å². The van der Waals surface area contributed by atoms with Gasteiger partial charge in [-0.2, -0.15) is 0 Å². The summed E-state index contributed by atoms with van der Waals surface area (Å²) in [4.78, 5) is 13.4. The molecule has 1 aliphatic carbocycles. The molecule has 0 unspecified atom stereocenters. The summed E-state index contributed by atoms with van der Waals surface area (Å²) < 4.78 is 0. The number of nitrogens with one attached hydrogen (secondary N) is 1. The molecule has 116 valence electrons. The van der Waals surface area contributed by atoms with Gasteiger partial charge >= 0.3 is 0 Å². The Hall–Kier alpha value is -1.69. The zero-order valence-electron chi connectivity index (χ0n) is 12.7. The molecule has 0 saturated heterocycles. The van der Waals surface area contributed by atoms with Crippen molar-refractivity contribution in [2.24, 2.45) is 5.73 Å². The van der Waals surface area contributed by atoms with Crippen LogP contribution in [0.1, 0.15) is 49.0 Å². The fourth-order valence-corrected chi connectivity index (χ4v) is 2.81. The van der Waals surface area contributed by atoms with Gasteiger partial charge in [-0.05, 0) is 45.0 Å². The molecule has 1 heterocycles. The minimum absolute atomic E-state index is 0.192. The van der Waals surface area contributed by atoms with Gasteiger partial charge in [0.05, 0.1) is 0 Å². The van der Waals surface area contributed by atoms with Crippen molar-refractivity contribution in [3.05, 3.63) is 17.8 Å². The molecule has 3 N–H and O–H groups in total. The number of primary amides is 1. The number of anilines is 1. The van der Waals surface area contributed by atoms with E-state index in [2.05, 4.69) is 27.5 Å². The number of hydrogen-bond acceptors (Lipinski definition) is 5. The Morgan fingerprint density at radius 3 is 2.71 bits per heavy atom. The summed E-state index contributed by atoms with van der Waals surface area (Å²) in [5.41, 5.74) is 5.31. The van der Waals surface area contributed by atoms with Crippen LogP contribution in [0.15, 0.2) is 12.1 Å². The average molecular weight is 291 g/mol. The highest BCUT2D eigenvalue weighted by atomic mass is 16.1. The Labute approximate surface area is 126 Å². The first kappa shape index (κ1) is 15.7. The predicted molar refractivity (Wildman–Crippen MR) is 83.2 cm³/mol. The lowest BCUT2D eigenvalue weighted by molar-refractivity contribution is 0.0994. The second kappa shape index (κ2) is 7.93. The van der Waals surface area contributed by atoms with Crippen LogP contribution >= 0.6 is 0 Å². The molecule has 1 saturated carbocycles. The van der Waals surface area contributed by atoms with Gasteiger partial charge in [-0.15, -0.1) is 10.2 Å². The van der Waals surface area contributed by atoms with Gasteiger partial charge < -0.3 is 16.0 Å². The van der Waals surface area contributed by atoms with Crippen LogP contribution in [0.2, 0.25) is 0 Å². The molecular formula is C15H25N5O. The van der Waals surface area contributed by atoms with Crippen molar-refractivity contribution < 1.29 is 4.79 Å². The third-order valence-corrected chi connectivity index (χ3v) is 4.11. The van der Waals surface area contributed by atoms with Crippen molar-refractivity contribution in [3.63, 3.8) is 0 Å². The fourth-order valence-electron chi connectivity index (χ4n) is 2.81. The molecule has 0 atom stereocenters. The van der Waals surface area contributed by atoms with E-state index in [0.717, 1.165) is 25.6 Å². The van der Waals surface area contributed by atoms with Crippen LogP contribution in [-0.4, -0.2) is 47.2 Å². The fraction of sp³-hybridized carbons (Fsp3) is 0.667. The first-order chi connectivity index (χ1) is 10.2. The highest BCUT2D eigenvalue weighted by Crippen LogP contribution is 2.21. The molecule has 0 bridgehead atoms. The SMILES string of the molecule is CN(CCCNc1ccc(C(N)=O)nn1)C1CCCCC1. The number of aromatic nitrogens is 2. The van der Waals surface area contributed by atoms with Crippen LogP contribution in [0.3, 0.4) is 0 Å². The number of carbonyl (C=O) groups excluding carboxylic acids is 1. The highest BCUT2D eigenvalue weighted by molar-refractivity contribution is 5.90. The summed E-state index contributed by atoms with van der Waals surface area (Å²) in [6.07, 6.45) is 7.87. The van der Waals surface area contributed by atoms with Crippen LogP contribution in [0.25, 0.3) is 0 Å². The lowest BCUT2D eigenvalue weighted by atomic mass is 9.94. The van der Waals surface area contributed by atoms with Gasteiger partial charge in [-0.1, -0.05) is 19.3 Å². The Balaban J connectivity index is 1.65. The largest absolute Gasteiger partial charge is 0.369 e. The number of nitrogens with two attached hydrogens (primary N) is 1. The number of hydrogen-bond donors (Lipinski definition) is 2. The zero-order valence-corrected chi connectivity index (χ0v) is 12.7. The Bertz CT molecular complexity index is 442. The Morgan fingerprint density at radius 2 is 2.10 bits per heavy atom. The third kappa shape index (κ3) is 4.97. The molecule has 1 aliphatic rings. The van der Waals surface area contributed by atoms with Crippen LogP contribution < -0.4 is 11.1 Å². The molecule has 0 aliphatic heterocycles. The number of amides is 1. The van der Waals surface area contributed by atoms with E-state index in [-0.39, 0.29) is 5.69 Å². The van der Waals surface area contributed by atoms with Crippen molar-refractivity contribution in [2.45, 2.75) is 44.6 Å². The molecule has 1 fully saturated rings. The summed E-state index contributed by atoms with van der Waals surface area (Å²) in [7, 11) is 2.22. The monoisotopic (exact) mass is 291 g/mol. The van der Waals surface area contributed by atoms with Gasteiger partial charge in [0.2, 0.25) is 0 Å². The van der Waals surface area contributed by atoms with E-state index in [1.807, 2.05) is 0 Å². The lowest BCUT2D eigenvalue weighted by Crippen LogP contribution is -2.34.